The van der Waals surface area contributed by atoms with Crippen LogP contribution in [-0.2, 0) is 4.74 Å². The summed E-state index contributed by atoms with van der Waals surface area (Å²) in [5.41, 5.74) is 2.86. The lowest BCUT2D eigenvalue weighted by atomic mass is 10.1. The van der Waals surface area contributed by atoms with E-state index in [4.69, 9.17) is 4.74 Å². The minimum absolute atomic E-state index is 0.00153. The number of amides is 1. The van der Waals surface area contributed by atoms with Gasteiger partial charge in [0, 0.05) is 12.1 Å². The topological polar surface area (TPSA) is 93.8 Å². The molecule has 0 heterocycles. The molecule has 0 unspecified atom stereocenters. The number of non-ortho nitro benzene ring substituents is 1. The highest BCUT2D eigenvalue weighted by atomic mass is 16.6. The molecule has 1 N–H and O–H groups in total. The van der Waals surface area contributed by atoms with Crippen molar-refractivity contribution in [1.29, 1.82) is 0 Å². The maximum Gasteiger partial charge on any atom is 0.428 e. The summed E-state index contributed by atoms with van der Waals surface area (Å²) in [4.78, 5) is 21.5. The van der Waals surface area contributed by atoms with E-state index < -0.39 is 16.6 Å². The van der Waals surface area contributed by atoms with Crippen molar-refractivity contribution in [1.82, 2.24) is 5.43 Å². The third kappa shape index (κ3) is 5.05. The molecular formula is C13H17N3O4. The van der Waals surface area contributed by atoms with Crippen LogP contribution >= 0.6 is 0 Å². The number of hydrogen-bond acceptors (Lipinski definition) is 5. The van der Waals surface area contributed by atoms with Crippen LogP contribution in [0.4, 0.5) is 10.5 Å². The first-order valence-electron chi connectivity index (χ1n) is 5.97. The van der Waals surface area contributed by atoms with E-state index in [0.29, 0.717) is 11.3 Å². The Hall–Kier alpha value is -2.44. The van der Waals surface area contributed by atoms with Gasteiger partial charge in [-0.3, -0.25) is 10.1 Å². The highest BCUT2D eigenvalue weighted by molar-refractivity contribution is 5.99. The van der Waals surface area contributed by atoms with Gasteiger partial charge >= 0.3 is 6.09 Å². The number of nitrogens with zero attached hydrogens (tertiary/aromatic N) is 2. The van der Waals surface area contributed by atoms with Crippen LogP contribution in [0.25, 0.3) is 0 Å². The summed E-state index contributed by atoms with van der Waals surface area (Å²) in [6.07, 6.45) is -0.654. The van der Waals surface area contributed by atoms with Crippen LogP contribution in [0.5, 0.6) is 0 Å². The Kier molecular flexibility index (Phi) is 4.79. The zero-order chi connectivity index (χ0) is 15.3. The van der Waals surface area contributed by atoms with Crippen molar-refractivity contribution in [2.24, 2.45) is 5.10 Å². The molecule has 0 bridgehead atoms. The molecule has 0 saturated carbocycles. The smallest absolute Gasteiger partial charge is 0.428 e. The molecule has 0 aliphatic heterocycles. The van der Waals surface area contributed by atoms with Crippen molar-refractivity contribution >= 4 is 17.5 Å². The third-order valence-electron chi connectivity index (χ3n) is 2.21. The Morgan fingerprint density at radius 2 is 1.85 bits per heavy atom. The van der Waals surface area contributed by atoms with E-state index in [2.05, 4.69) is 10.5 Å². The van der Waals surface area contributed by atoms with Crippen molar-refractivity contribution in [2.75, 3.05) is 0 Å². The van der Waals surface area contributed by atoms with Crippen molar-refractivity contribution in [2.45, 2.75) is 33.3 Å². The zero-order valence-electron chi connectivity index (χ0n) is 11.8. The number of hydrazone groups is 1. The summed E-state index contributed by atoms with van der Waals surface area (Å²) in [5, 5.41) is 14.4. The molecule has 0 spiro atoms. The number of hydrogen-bond donors (Lipinski definition) is 1. The monoisotopic (exact) mass is 279 g/mol. The molecule has 0 fully saturated rings. The van der Waals surface area contributed by atoms with E-state index in [0.717, 1.165) is 0 Å². The number of benzene rings is 1. The summed E-state index contributed by atoms with van der Waals surface area (Å²) in [7, 11) is 0. The van der Waals surface area contributed by atoms with Gasteiger partial charge < -0.3 is 4.74 Å². The standard InChI is InChI=1S/C13H17N3O4/c1-9(14-15-12(17)20-13(2,3)4)10-5-7-11(8-6-10)16(18)19/h5-8H,1-4H3,(H,15,17)/b14-9-. The lowest BCUT2D eigenvalue weighted by Gasteiger charge is -2.18. The number of rotatable bonds is 3. The second-order valence-corrected chi connectivity index (χ2v) is 5.11. The van der Waals surface area contributed by atoms with Gasteiger partial charge in [-0.05, 0) is 45.4 Å². The van der Waals surface area contributed by atoms with Gasteiger partial charge in [0.2, 0.25) is 0 Å². The first-order chi connectivity index (χ1) is 9.19. The Morgan fingerprint density at radius 3 is 2.30 bits per heavy atom. The quantitative estimate of drug-likeness (QED) is 0.523. The maximum atomic E-state index is 11.4. The van der Waals surface area contributed by atoms with Crippen LogP contribution in [0.2, 0.25) is 0 Å². The number of nitro benzene ring substituents is 1. The van der Waals surface area contributed by atoms with Gasteiger partial charge in [-0.1, -0.05) is 0 Å². The predicted octanol–water partition coefficient (Wildman–Crippen LogP) is 2.84. The fourth-order valence-electron chi connectivity index (χ4n) is 1.32. The maximum absolute atomic E-state index is 11.4. The van der Waals surface area contributed by atoms with E-state index in [1.165, 1.54) is 12.1 Å². The molecule has 0 radical (unpaired) electrons. The van der Waals surface area contributed by atoms with Gasteiger partial charge in [0.25, 0.3) is 5.69 Å². The third-order valence-corrected chi connectivity index (χ3v) is 2.21. The van der Waals surface area contributed by atoms with Crippen LogP contribution < -0.4 is 5.43 Å². The lowest BCUT2D eigenvalue weighted by molar-refractivity contribution is -0.384. The molecule has 20 heavy (non-hydrogen) atoms. The molecule has 0 aliphatic carbocycles. The van der Waals surface area contributed by atoms with Gasteiger partial charge in [0.1, 0.15) is 5.60 Å². The van der Waals surface area contributed by atoms with Crippen molar-refractivity contribution in [3.05, 3.63) is 39.9 Å². The van der Waals surface area contributed by atoms with Crippen LogP contribution in [0, 0.1) is 10.1 Å². The van der Waals surface area contributed by atoms with E-state index in [1.54, 1.807) is 39.8 Å². The zero-order valence-corrected chi connectivity index (χ0v) is 11.8. The van der Waals surface area contributed by atoms with Gasteiger partial charge in [-0.15, -0.1) is 0 Å². The average Bonchev–Trinajstić information content (AvgIpc) is 2.34. The predicted molar refractivity (Wildman–Crippen MR) is 74.7 cm³/mol. The molecule has 108 valence electrons. The lowest BCUT2D eigenvalue weighted by Crippen LogP contribution is -2.30. The van der Waals surface area contributed by atoms with E-state index in [-0.39, 0.29) is 5.69 Å². The SMILES string of the molecule is C/C(=N/NC(=O)OC(C)(C)C)c1ccc([N+](=O)[O-])cc1. The molecule has 0 aliphatic rings. The summed E-state index contributed by atoms with van der Waals surface area (Å²) >= 11 is 0. The molecule has 0 saturated heterocycles. The van der Waals surface area contributed by atoms with Crippen molar-refractivity contribution in [3.8, 4) is 0 Å². The van der Waals surface area contributed by atoms with Gasteiger partial charge in [0.15, 0.2) is 0 Å². The highest BCUT2D eigenvalue weighted by Crippen LogP contribution is 2.12. The minimum atomic E-state index is -0.654. The molecule has 7 nitrogen and oxygen atoms in total. The highest BCUT2D eigenvalue weighted by Gasteiger charge is 2.15. The van der Waals surface area contributed by atoms with Crippen molar-refractivity contribution in [3.63, 3.8) is 0 Å². The minimum Gasteiger partial charge on any atom is -0.443 e. The first-order valence-corrected chi connectivity index (χ1v) is 5.97. The molecular weight excluding hydrogens is 262 g/mol. The van der Waals surface area contributed by atoms with Gasteiger partial charge in [-0.2, -0.15) is 5.10 Å². The van der Waals surface area contributed by atoms with E-state index >= 15 is 0 Å². The molecule has 0 aromatic heterocycles. The average molecular weight is 279 g/mol. The number of nitrogens with one attached hydrogen (secondary N) is 1. The fraction of sp³-hybridized carbons (Fsp3) is 0.385. The Morgan fingerprint density at radius 1 is 1.30 bits per heavy atom. The van der Waals surface area contributed by atoms with Crippen LogP contribution in [-0.4, -0.2) is 22.3 Å². The molecule has 1 aromatic carbocycles. The van der Waals surface area contributed by atoms with Crippen LogP contribution in [0.3, 0.4) is 0 Å². The number of carbonyl (C=O) groups is 1. The Balaban J connectivity index is 2.69. The Labute approximate surface area is 116 Å². The van der Waals surface area contributed by atoms with E-state index in [1.807, 2.05) is 0 Å². The summed E-state index contributed by atoms with van der Waals surface area (Å²) in [6, 6.07) is 5.88. The van der Waals surface area contributed by atoms with Gasteiger partial charge in [0.05, 0.1) is 10.6 Å². The van der Waals surface area contributed by atoms with Gasteiger partial charge in [-0.25, -0.2) is 10.2 Å². The van der Waals surface area contributed by atoms with E-state index in [9.17, 15) is 14.9 Å². The molecule has 1 aromatic rings. The Bertz CT molecular complexity index is 530. The largest absolute Gasteiger partial charge is 0.443 e. The fourth-order valence-corrected chi connectivity index (χ4v) is 1.32. The van der Waals surface area contributed by atoms with Crippen molar-refractivity contribution < 1.29 is 14.5 Å². The first kappa shape index (κ1) is 15.6. The molecule has 1 amide bonds. The van der Waals surface area contributed by atoms with Crippen LogP contribution in [0.15, 0.2) is 29.4 Å². The number of ether oxygens (including phenoxy) is 1. The van der Waals surface area contributed by atoms with Crippen LogP contribution in [0.1, 0.15) is 33.3 Å². The molecule has 1 rings (SSSR count). The second-order valence-electron chi connectivity index (χ2n) is 5.11. The normalized spacial score (nSPS) is 11.9. The summed E-state index contributed by atoms with van der Waals surface area (Å²) < 4.78 is 5.03. The summed E-state index contributed by atoms with van der Waals surface area (Å²) in [5.74, 6) is 0. The molecule has 7 heteroatoms. The number of nitro groups is 1. The number of carbonyl (C=O) groups excluding carboxylic acids is 1. The summed E-state index contributed by atoms with van der Waals surface area (Å²) in [6.45, 7) is 6.93. The second kappa shape index (κ2) is 6.14. The molecule has 0 atom stereocenters.